The molecule has 0 aliphatic heterocycles. The number of rotatable bonds is 1. The number of ether oxygens (including phenoxy) is 1. The summed E-state index contributed by atoms with van der Waals surface area (Å²) in [6.07, 6.45) is 2.02. The van der Waals surface area contributed by atoms with Gasteiger partial charge in [0.25, 0.3) is 0 Å². The average molecular weight is 386 g/mol. The second-order valence-electron chi connectivity index (χ2n) is 9.91. The van der Waals surface area contributed by atoms with Crippen molar-refractivity contribution in [3.05, 3.63) is 0 Å². The number of carbonyl (C=O) groups excluding carboxylic acids is 2. The van der Waals surface area contributed by atoms with Crippen molar-refractivity contribution in [1.29, 1.82) is 0 Å². The first-order valence-corrected chi connectivity index (χ1v) is 10.4. The van der Waals surface area contributed by atoms with Gasteiger partial charge < -0.3 is 4.74 Å². The van der Waals surface area contributed by atoms with Crippen LogP contribution in [0.25, 0.3) is 0 Å². The zero-order valence-electron chi connectivity index (χ0n) is 16.1. The van der Waals surface area contributed by atoms with Gasteiger partial charge in [0.05, 0.1) is 0 Å². The number of carbonyl (C=O) groups is 2. The second kappa shape index (κ2) is 6.21. The van der Waals surface area contributed by atoms with Crippen LogP contribution in [0.5, 0.6) is 0 Å². The van der Waals surface area contributed by atoms with Gasteiger partial charge in [-0.2, -0.15) is 13.2 Å². The normalized spacial score (nSPS) is 47.0. The van der Waals surface area contributed by atoms with Crippen molar-refractivity contribution < 1.29 is 27.5 Å². The third-order valence-electron chi connectivity index (χ3n) is 8.88. The van der Waals surface area contributed by atoms with Crippen LogP contribution in [-0.2, 0) is 14.3 Å². The van der Waals surface area contributed by atoms with Crippen LogP contribution in [0.15, 0.2) is 0 Å². The van der Waals surface area contributed by atoms with Crippen molar-refractivity contribution in [1.82, 2.24) is 0 Å². The predicted octanol–water partition coefficient (Wildman–Crippen LogP) is 5.07. The van der Waals surface area contributed by atoms with Gasteiger partial charge in [-0.25, -0.2) is 4.79 Å². The summed E-state index contributed by atoms with van der Waals surface area (Å²) in [7, 11) is 0. The molecule has 0 heterocycles. The van der Waals surface area contributed by atoms with E-state index >= 15 is 0 Å². The maximum atomic E-state index is 12.7. The smallest absolute Gasteiger partial charge is 0.455 e. The maximum absolute atomic E-state index is 12.7. The van der Waals surface area contributed by atoms with Gasteiger partial charge in [0, 0.05) is 18.3 Å². The van der Waals surface area contributed by atoms with E-state index < -0.39 is 18.2 Å². The van der Waals surface area contributed by atoms with Gasteiger partial charge in [-0.1, -0.05) is 13.8 Å². The zero-order chi connectivity index (χ0) is 19.6. The number of ketones is 1. The second-order valence-corrected chi connectivity index (χ2v) is 9.91. The lowest BCUT2D eigenvalue weighted by Gasteiger charge is -2.60. The Kier molecular flexibility index (Phi) is 4.43. The van der Waals surface area contributed by atoms with E-state index in [2.05, 4.69) is 6.92 Å². The van der Waals surface area contributed by atoms with E-state index in [-0.39, 0.29) is 10.8 Å². The van der Waals surface area contributed by atoms with Crippen LogP contribution in [0, 0.1) is 34.5 Å². The number of esters is 1. The molecule has 0 aromatic rings. The number of hydrogen-bond donors (Lipinski definition) is 0. The Bertz CT molecular complexity index is 645. The first-order chi connectivity index (χ1) is 12.6. The summed E-state index contributed by atoms with van der Waals surface area (Å²) in [4.78, 5) is 23.4. The largest absolute Gasteiger partial charge is 0.490 e. The highest BCUT2D eigenvalue weighted by molar-refractivity contribution is 5.79. The molecule has 4 fully saturated rings. The maximum Gasteiger partial charge on any atom is 0.490 e. The van der Waals surface area contributed by atoms with Crippen LogP contribution in [0.3, 0.4) is 0 Å². The molecule has 6 heteroatoms. The monoisotopic (exact) mass is 386 g/mol. The number of hydrogen-bond acceptors (Lipinski definition) is 3. The lowest BCUT2D eigenvalue weighted by molar-refractivity contribution is -0.212. The summed E-state index contributed by atoms with van der Waals surface area (Å²) >= 11 is 0. The molecule has 0 N–H and O–H groups in total. The van der Waals surface area contributed by atoms with Crippen LogP contribution in [0.1, 0.15) is 71.6 Å². The minimum atomic E-state index is -4.92. The molecular formula is C21H29F3O3. The molecule has 0 aromatic carbocycles. The van der Waals surface area contributed by atoms with Crippen LogP contribution >= 0.6 is 0 Å². The molecule has 7 atom stereocenters. The molecule has 3 nitrogen and oxygen atoms in total. The summed E-state index contributed by atoms with van der Waals surface area (Å²) < 4.78 is 43.0. The van der Waals surface area contributed by atoms with Crippen molar-refractivity contribution >= 4 is 11.8 Å². The Balaban J connectivity index is 1.54. The van der Waals surface area contributed by atoms with E-state index in [0.717, 1.165) is 38.5 Å². The Hall–Kier alpha value is -1.07. The summed E-state index contributed by atoms with van der Waals surface area (Å²) in [6.45, 7) is 4.38. The molecule has 0 amide bonds. The molecule has 0 aromatic heterocycles. The van der Waals surface area contributed by atoms with Crippen molar-refractivity contribution in [3.63, 3.8) is 0 Å². The summed E-state index contributed by atoms with van der Waals surface area (Å²) in [5.74, 6) is 0.143. The molecule has 0 bridgehead atoms. The quantitative estimate of drug-likeness (QED) is 0.591. The van der Waals surface area contributed by atoms with Gasteiger partial charge in [0.1, 0.15) is 11.9 Å². The van der Waals surface area contributed by atoms with Crippen LogP contribution < -0.4 is 0 Å². The third kappa shape index (κ3) is 2.93. The van der Waals surface area contributed by atoms with Crippen molar-refractivity contribution in [2.45, 2.75) is 83.9 Å². The Morgan fingerprint density at radius 2 is 1.70 bits per heavy atom. The molecule has 27 heavy (non-hydrogen) atoms. The van der Waals surface area contributed by atoms with Crippen molar-refractivity contribution in [2.75, 3.05) is 0 Å². The molecule has 4 aliphatic carbocycles. The van der Waals surface area contributed by atoms with E-state index in [1.807, 2.05) is 6.92 Å². The van der Waals surface area contributed by atoms with Gasteiger partial charge >= 0.3 is 12.1 Å². The first kappa shape index (κ1) is 19.3. The Morgan fingerprint density at radius 3 is 2.41 bits per heavy atom. The molecule has 152 valence electrons. The highest BCUT2D eigenvalue weighted by Gasteiger charge is 2.61. The van der Waals surface area contributed by atoms with E-state index in [0.29, 0.717) is 48.7 Å². The lowest BCUT2D eigenvalue weighted by Crippen LogP contribution is -2.54. The van der Waals surface area contributed by atoms with Crippen molar-refractivity contribution in [2.24, 2.45) is 34.5 Å². The lowest BCUT2D eigenvalue weighted by atomic mass is 9.45. The van der Waals surface area contributed by atoms with E-state index in [4.69, 9.17) is 4.74 Å². The van der Waals surface area contributed by atoms with Gasteiger partial charge in [0.2, 0.25) is 0 Å². The minimum absolute atomic E-state index is 0.179. The summed E-state index contributed by atoms with van der Waals surface area (Å²) in [5.41, 5.74) is -0.172. The average Bonchev–Trinajstić information content (AvgIpc) is 2.91. The fourth-order valence-electron chi connectivity index (χ4n) is 7.39. The molecule has 0 radical (unpaired) electrons. The predicted molar refractivity (Wildman–Crippen MR) is 92.7 cm³/mol. The Morgan fingerprint density at radius 1 is 1.00 bits per heavy atom. The molecule has 4 saturated carbocycles. The number of Topliss-reactive ketones (excluding diaryl/α,β-unsaturated/α-hetero) is 1. The van der Waals surface area contributed by atoms with E-state index in [1.165, 1.54) is 0 Å². The standard InChI is InChI=1S/C21H29F3O3/c1-19-9-7-13(25)11-12(19)3-4-14-15-5-6-17(27-18(26)21(22,23)24)20(15,2)10-8-16(14)19/h12,14-17H,3-11H2,1-2H3/t12-,14?,15?,16?,17-,19-,20-/m0/s1. The van der Waals surface area contributed by atoms with Gasteiger partial charge in [0.15, 0.2) is 0 Å². The molecule has 0 saturated heterocycles. The highest BCUT2D eigenvalue weighted by atomic mass is 19.4. The summed E-state index contributed by atoms with van der Waals surface area (Å²) in [5, 5.41) is 0. The summed E-state index contributed by atoms with van der Waals surface area (Å²) in [6, 6.07) is 0. The highest BCUT2D eigenvalue weighted by Crippen LogP contribution is 2.66. The van der Waals surface area contributed by atoms with Gasteiger partial charge in [-0.05, 0) is 74.0 Å². The molecule has 4 aliphatic rings. The van der Waals surface area contributed by atoms with E-state index in [1.54, 1.807) is 0 Å². The number of fused-ring (bicyclic) bond motifs is 5. The topological polar surface area (TPSA) is 43.4 Å². The third-order valence-corrected chi connectivity index (χ3v) is 8.88. The number of alkyl halides is 3. The van der Waals surface area contributed by atoms with Crippen LogP contribution in [0.2, 0.25) is 0 Å². The fraction of sp³-hybridized carbons (Fsp3) is 0.905. The van der Waals surface area contributed by atoms with Gasteiger partial charge in [-0.3, -0.25) is 4.79 Å². The number of halogens is 3. The zero-order valence-corrected chi connectivity index (χ0v) is 16.1. The Labute approximate surface area is 158 Å². The van der Waals surface area contributed by atoms with Crippen LogP contribution in [0.4, 0.5) is 13.2 Å². The molecule has 0 spiro atoms. The molecule has 3 unspecified atom stereocenters. The minimum Gasteiger partial charge on any atom is -0.455 e. The van der Waals surface area contributed by atoms with Crippen molar-refractivity contribution in [3.8, 4) is 0 Å². The van der Waals surface area contributed by atoms with Gasteiger partial charge in [-0.15, -0.1) is 0 Å². The first-order valence-electron chi connectivity index (χ1n) is 10.4. The van der Waals surface area contributed by atoms with E-state index in [9.17, 15) is 22.8 Å². The molecular weight excluding hydrogens is 357 g/mol. The SMILES string of the molecule is C[C@]12CCC3C(CC[C@H]4CC(=O)CC[C@]34C)C1CC[C@@H]2OC(=O)C(F)(F)F. The molecule has 4 rings (SSSR count). The fourth-order valence-corrected chi connectivity index (χ4v) is 7.39. The van der Waals surface area contributed by atoms with Crippen LogP contribution in [-0.4, -0.2) is 24.0 Å².